The minimum absolute atomic E-state index is 0.0405. The Bertz CT molecular complexity index is 949. The van der Waals surface area contributed by atoms with Crippen LogP contribution in [0.2, 0.25) is 0 Å². The van der Waals surface area contributed by atoms with Crippen LogP contribution in [-0.2, 0) is 17.8 Å². The van der Waals surface area contributed by atoms with Crippen molar-refractivity contribution in [1.82, 2.24) is 19.8 Å². The summed E-state index contributed by atoms with van der Waals surface area (Å²) in [5.74, 6) is 0.934. The van der Waals surface area contributed by atoms with Crippen molar-refractivity contribution < 1.29 is 9.59 Å². The van der Waals surface area contributed by atoms with Crippen molar-refractivity contribution >= 4 is 34.2 Å². The van der Waals surface area contributed by atoms with E-state index in [4.69, 9.17) is 4.98 Å². The van der Waals surface area contributed by atoms with E-state index in [2.05, 4.69) is 12.2 Å². The Labute approximate surface area is 175 Å². The number of carbonyl (C=O) groups is 2. The number of amides is 2. The Morgan fingerprint density at radius 3 is 2.76 bits per heavy atom. The summed E-state index contributed by atoms with van der Waals surface area (Å²) in [5, 5.41) is 4.84. The van der Waals surface area contributed by atoms with E-state index in [9.17, 15) is 9.59 Å². The predicted molar refractivity (Wildman–Crippen MR) is 117 cm³/mol. The number of thiophene rings is 1. The molecule has 3 rings (SSSR count). The first kappa shape index (κ1) is 21.0. The van der Waals surface area contributed by atoms with Crippen molar-refractivity contribution in [3.63, 3.8) is 0 Å². The average molecular weight is 413 g/mol. The molecule has 2 heterocycles. The van der Waals surface area contributed by atoms with Crippen molar-refractivity contribution in [2.45, 2.75) is 39.2 Å². The SMILES string of the molecule is CCCCN(C)C(=O)Cn1c(CCCNC(=O)c2cccs2)nc2ccccc21. The van der Waals surface area contributed by atoms with Crippen LogP contribution >= 0.6 is 11.3 Å². The molecule has 2 amide bonds. The molecule has 2 aromatic heterocycles. The average Bonchev–Trinajstić information content (AvgIpc) is 3.38. The molecule has 154 valence electrons. The lowest BCUT2D eigenvalue weighted by atomic mass is 10.2. The number of hydrogen-bond donors (Lipinski definition) is 1. The summed E-state index contributed by atoms with van der Waals surface area (Å²) in [5.41, 5.74) is 1.87. The first-order valence-electron chi connectivity index (χ1n) is 10.1. The van der Waals surface area contributed by atoms with Crippen molar-refractivity contribution in [3.8, 4) is 0 Å². The van der Waals surface area contributed by atoms with Crippen molar-refractivity contribution in [1.29, 1.82) is 0 Å². The molecule has 0 aliphatic heterocycles. The molecule has 3 aromatic rings. The summed E-state index contributed by atoms with van der Waals surface area (Å²) in [4.78, 5) is 32.0. The monoisotopic (exact) mass is 412 g/mol. The van der Waals surface area contributed by atoms with E-state index >= 15 is 0 Å². The molecule has 0 aliphatic rings. The van der Waals surface area contributed by atoms with Gasteiger partial charge in [0.15, 0.2) is 0 Å². The summed E-state index contributed by atoms with van der Waals surface area (Å²) in [6.07, 6.45) is 3.53. The fourth-order valence-corrected chi connectivity index (χ4v) is 3.85. The number of aromatic nitrogens is 2. The summed E-state index contributed by atoms with van der Waals surface area (Å²) in [7, 11) is 1.86. The summed E-state index contributed by atoms with van der Waals surface area (Å²) in [6, 6.07) is 11.6. The second-order valence-corrected chi connectivity index (χ2v) is 8.06. The molecular formula is C22H28N4O2S. The maximum Gasteiger partial charge on any atom is 0.261 e. The van der Waals surface area contributed by atoms with E-state index in [1.165, 1.54) is 11.3 Å². The number of para-hydroxylation sites is 2. The van der Waals surface area contributed by atoms with Crippen LogP contribution in [0.25, 0.3) is 11.0 Å². The number of fused-ring (bicyclic) bond motifs is 1. The Kier molecular flexibility index (Phi) is 7.41. The second-order valence-electron chi connectivity index (χ2n) is 7.11. The van der Waals surface area contributed by atoms with Gasteiger partial charge in [-0.2, -0.15) is 0 Å². The van der Waals surface area contributed by atoms with Gasteiger partial charge in [-0.25, -0.2) is 4.98 Å². The van der Waals surface area contributed by atoms with E-state index < -0.39 is 0 Å². The molecule has 0 atom stereocenters. The van der Waals surface area contributed by atoms with Crippen LogP contribution in [-0.4, -0.2) is 46.4 Å². The van der Waals surface area contributed by atoms with Crippen molar-refractivity contribution in [2.75, 3.05) is 20.1 Å². The van der Waals surface area contributed by atoms with Gasteiger partial charge in [0.25, 0.3) is 5.91 Å². The number of imidazole rings is 1. The zero-order chi connectivity index (χ0) is 20.6. The van der Waals surface area contributed by atoms with Crippen molar-refractivity contribution in [3.05, 3.63) is 52.5 Å². The largest absolute Gasteiger partial charge is 0.351 e. The lowest BCUT2D eigenvalue weighted by Crippen LogP contribution is -2.31. The molecule has 1 N–H and O–H groups in total. The minimum atomic E-state index is -0.0405. The third-order valence-corrected chi connectivity index (χ3v) is 5.78. The number of hydrogen-bond acceptors (Lipinski definition) is 4. The van der Waals surface area contributed by atoms with E-state index in [1.54, 1.807) is 4.90 Å². The molecular weight excluding hydrogens is 384 g/mol. The normalized spacial score (nSPS) is 11.0. The molecule has 0 radical (unpaired) electrons. The molecule has 0 unspecified atom stereocenters. The number of rotatable bonds is 10. The van der Waals surface area contributed by atoms with Gasteiger partial charge in [-0.15, -0.1) is 11.3 Å². The molecule has 0 saturated heterocycles. The summed E-state index contributed by atoms with van der Waals surface area (Å²) >= 11 is 1.44. The van der Waals surface area contributed by atoms with Gasteiger partial charge in [0.2, 0.25) is 5.91 Å². The van der Waals surface area contributed by atoms with Crippen molar-refractivity contribution in [2.24, 2.45) is 0 Å². The van der Waals surface area contributed by atoms with Gasteiger partial charge in [0.1, 0.15) is 12.4 Å². The Balaban J connectivity index is 1.64. The highest BCUT2D eigenvalue weighted by Gasteiger charge is 2.16. The van der Waals surface area contributed by atoms with Gasteiger partial charge < -0.3 is 14.8 Å². The molecule has 0 aliphatic carbocycles. The first-order valence-corrected chi connectivity index (χ1v) is 11.0. The van der Waals surface area contributed by atoms with Crippen LogP contribution in [0.1, 0.15) is 41.7 Å². The second kappa shape index (κ2) is 10.2. The van der Waals surface area contributed by atoms with E-state index in [0.717, 1.165) is 47.5 Å². The van der Waals surface area contributed by atoms with E-state index in [1.807, 2.05) is 53.4 Å². The highest BCUT2D eigenvalue weighted by molar-refractivity contribution is 7.12. The van der Waals surface area contributed by atoms with Gasteiger partial charge in [0.05, 0.1) is 15.9 Å². The van der Waals surface area contributed by atoms with Gasteiger partial charge in [0, 0.05) is 26.6 Å². The van der Waals surface area contributed by atoms with Crippen LogP contribution in [0.4, 0.5) is 0 Å². The van der Waals surface area contributed by atoms with Gasteiger partial charge in [-0.05, 0) is 36.4 Å². The number of unbranched alkanes of at least 4 members (excludes halogenated alkanes) is 1. The first-order chi connectivity index (χ1) is 14.1. The minimum Gasteiger partial charge on any atom is -0.351 e. The number of carbonyl (C=O) groups excluding carboxylic acids is 2. The predicted octanol–water partition coefficient (Wildman–Crippen LogP) is 3.72. The van der Waals surface area contributed by atoms with Gasteiger partial charge >= 0.3 is 0 Å². The lowest BCUT2D eigenvalue weighted by Gasteiger charge is -2.18. The van der Waals surface area contributed by atoms with Crippen LogP contribution in [0, 0.1) is 0 Å². The van der Waals surface area contributed by atoms with E-state index in [0.29, 0.717) is 13.0 Å². The van der Waals surface area contributed by atoms with E-state index in [-0.39, 0.29) is 18.4 Å². The Hall–Kier alpha value is -2.67. The molecule has 29 heavy (non-hydrogen) atoms. The number of nitrogens with zero attached hydrogens (tertiary/aromatic N) is 3. The lowest BCUT2D eigenvalue weighted by molar-refractivity contribution is -0.130. The third-order valence-electron chi connectivity index (χ3n) is 4.91. The van der Waals surface area contributed by atoms with Crippen LogP contribution < -0.4 is 5.32 Å². The van der Waals surface area contributed by atoms with Crippen LogP contribution in [0.15, 0.2) is 41.8 Å². The van der Waals surface area contributed by atoms with Gasteiger partial charge in [-0.3, -0.25) is 9.59 Å². The number of likely N-dealkylation sites (N-methyl/N-ethyl adjacent to an activating group) is 1. The number of aryl methyl sites for hydroxylation is 1. The summed E-state index contributed by atoms with van der Waals surface area (Å²) in [6.45, 7) is 3.75. The Morgan fingerprint density at radius 2 is 2.00 bits per heavy atom. The quantitative estimate of drug-likeness (QED) is 0.516. The third kappa shape index (κ3) is 5.44. The standard InChI is InChI=1S/C22H28N4O2S/c1-3-4-14-25(2)21(27)16-26-18-10-6-5-9-17(18)24-20(26)12-7-13-23-22(28)19-11-8-15-29-19/h5-6,8-11,15H,3-4,7,12-14,16H2,1-2H3,(H,23,28). The van der Waals surface area contributed by atoms with Crippen LogP contribution in [0.3, 0.4) is 0 Å². The summed E-state index contributed by atoms with van der Waals surface area (Å²) < 4.78 is 2.02. The van der Waals surface area contributed by atoms with Gasteiger partial charge in [-0.1, -0.05) is 31.5 Å². The molecule has 0 fully saturated rings. The molecule has 6 nitrogen and oxygen atoms in total. The number of benzene rings is 1. The zero-order valence-electron chi connectivity index (χ0n) is 17.1. The maximum absolute atomic E-state index is 12.7. The maximum atomic E-state index is 12.7. The topological polar surface area (TPSA) is 67.2 Å². The smallest absolute Gasteiger partial charge is 0.261 e. The molecule has 0 spiro atoms. The molecule has 1 aromatic carbocycles. The molecule has 0 saturated carbocycles. The van der Waals surface area contributed by atoms with Crippen LogP contribution in [0.5, 0.6) is 0 Å². The fraction of sp³-hybridized carbons (Fsp3) is 0.409. The zero-order valence-corrected chi connectivity index (χ0v) is 17.9. The number of nitrogens with one attached hydrogen (secondary N) is 1. The highest BCUT2D eigenvalue weighted by Crippen LogP contribution is 2.17. The molecule has 7 heteroatoms. The molecule has 0 bridgehead atoms. The fourth-order valence-electron chi connectivity index (χ4n) is 3.21. The highest BCUT2D eigenvalue weighted by atomic mass is 32.1. The Morgan fingerprint density at radius 1 is 1.17 bits per heavy atom.